The number of hydrogen-bond acceptors (Lipinski definition) is 3. The van der Waals surface area contributed by atoms with E-state index in [1.54, 1.807) is 6.92 Å². The van der Waals surface area contributed by atoms with Crippen molar-refractivity contribution in [3.8, 4) is 0 Å². The van der Waals surface area contributed by atoms with Crippen molar-refractivity contribution in [3.63, 3.8) is 0 Å². The van der Waals surface area contributed by atoms with Crippen LogP contribution in [0.5, 0.6) is 0 Å². The Hall–Kier alpha value is -3.74. The predicted octanol–water partition coefficient (Wildman–Crippen LogP) is 4.68. The van der Waals surface area contributed by atoms with E-state index in [0.29, 0.717) is 5.56 Å². The molecule has 0 aliphatic carbocycles. The second-order valence-corrected chi connectivity index (χ2v) is 7.35. The van der Waals surface area contributed by atoms with E-state index in [1.165, 1.54) is 6.07 Å². The molecule has 2 atom stereocenters. The van der Waals surface area contributed by atoms with Gasteiger partial charge in [-0.15, -0.1) is 0 Å². The molecular formula is C25H24F2N2O3. The molecule has 0 saturated carbocycles. The summed E-state index contributed by atoms with van der Waals surface area (Å²) in [6.45, 7) is 1.72. The van der Waals surface area contributed by atoms with Crippen LogP contribution in [0.2, 0.25) is 0 Å². The summed E-state index contributed by atoms with van der Waals surface area (Å²) in [5.41, 5.74) is 2.07. The molecule has 0 bridgehead atoms. The normalized spacial score (nSPS) is 12.5. The molecule has 0 aromatic heterocycles. The van der Waals surface area contributed by atoms with Crippen molar-refractivity contribution in [2.75, 3.05) is 0 Å². The van der Waals surface area contributed by atoms with Gasteiger partial charge in [0, 0.05) is 6.42 Å². The number of benzene rings is 3. The van der Waals surface area contributed by atoms with Crippen molar-refractivity contribution >= 4 is 12.0 Å². The van der Waals surface area contributed by atoms with Crippen LogP contribution < -0.4 is 10.6 Å². The fourth-order valence-electron chi connectivity index (χ4n) is 3.15. The van der Waals surface area contributed by atoms with Gasteiger partial charge in [0.25, 0.3) is 0 Å². The lowest BCUT2D eigenvalue weighted by atomic mass is 10.0. The largest absolute Gasteiger partial charge is 0.445 e. The maximum absolute atomic E-state index is 13.6. The first-order chi connectivity index (χ1) is 15.4. The molecule has 2 N–H and O–H groups in total. The van der Waals surface area contributed by atoms with E-state index in [2.05, 4.69) is 10.6 Å². The van der Waals surface area contributed by atoms with E-state index >= 15 is 0 Å². The highest BCUT2D eigenvalue weighted by Gasteiger charge is 2.24. The summed E-state index contributed by atoms with van der Waals surface area (Å²) in [7, 11) is 0. The molecule has 0 spiro atoms. The predicted molar refractivity (Wildman–Crippen MR) is 117 cm³/mol. The Balaban J connectivity index is 1.67. The van der Waals surface area contributed by atoms with Gasteiger partial charge >= 0.3 is 6.09 Å². The highest BCUT2D eigenvalue weighted by atomic mass is 19.2. The average molecular weight is 438 g/mol. The molecular weight excluding hydrogens is 414 g/mol. The number of carbonyl (C=O) groups excluding carboxylic acids is 2. The number of hydrogen-bond donors (Lipinski definition) is 2. The lowest BCUT2D eigenvalue weighted by molar-refractivity contribution is -0.123. The van der Waals surface area contributed by atoms with Gasteiger partial charge in [-0.3, -0.25) is 4.79 Å². The zero-order chi connectivity index (χ0) is 22.9. The second-order valence-electron chi connectivity index (χ2n) is 7.35. The minimum absolute atomic E-state index is 0.0671. The van der Waals surface area contributed by atoms with E-state index in [1.807, 2.05) is 60.7 Å². The summed E-state index contributed by atoms with van der Waals surface area (Å²) in [6, 6.07) is 20.3. The number of carbonyl (C=O) groups is 2. The molecule has 0 aliphatic rings. The van der Waals surface area contributed by atoms with Gasteiger partial charge in [0.2, 0.25) is 5.91 Å². The van der Waals surface area contributed by atoms with Gasteiger partial charge in [0.05, 0.1) is 6.04 Å². The van der Waals surface area contributed by atoms with Crippen molar-refractivity contribution in [3.05, 3.63) is 107 Å². The molecule has 32 heavy (non-hydrogen) atoms. The van der Waals surface area contributed by atoms with Gasteiger partial charge in [-0.2, -0.15) is 0 Å². The van der Waals surface area contributed by atoms with Gasteiger partial charge < -0.3 is 15.4 Å². The van der Waals surface area contributed by atoms with Crippen LogP contribution in [0.25, 0.3) is 0 Å². The minimum Gasteiger partial charge on any atom is -0.445 e. The summed E-state index contributed by atoms with van der Waals surface area (Å²) in [4.78, 5) is 25.3. The molecule has 0 fully saturated rings. The lowest BCUT2D eigenvalue weighted by Crippen LogP contribution is -2.48. The van der Waals surface area contributed by atoms with Crippen LogP contribution in [0.15, 0.2) is 78.9 Å². The minimum atomic E-state index is -0.993. The summed E-state index contributed by atoms with van der Waals surface area (Å²) >= 11 is 0. The van der Waals surface area contributed by atoms with Crippen LogP contribution in [0, 0.1) is 11.6 Å². The first-order valence-corrected chi connectivity index (χ1v) is 10.2. The van der Waals surface area contributed by atoms with E-state index in [9.17, 15) is 18.4 Å². The first-order valence-electron chi connectivity index (χ1n) is 10.2. The van der Waals surface area contributed by atoms with E-state index in [-0.39, 0.29) is 13.0 Å². The fourth-order valence-corrected chi connectivity index (χ4v) is 3.15. The number of nitrogens with one attached hydrogen (secondary N) is 2. The fraction of sp³-hybridized carbons (Fsp3) is 0.200. The molecule has 3 aromatic carbocycles. The Morgan fingerprint density at radius 3 is 2.09 bits per heavy atom. The molecule has 3 rings (SSSR count). The number of rotatable bonds is 8. The Bertz CT molecular complexity index is 1050. The van der Waals surface area contributed by atoms with Gasteiger partial charge in [0.1, 0.15) is 12.6 Å². The first kappa shape index (κ1) is 22.9. The zero-order valence-corrected chi connectivity index (χ0v) is 17.6. The third-order valence-electron chi connectivity index (χ3n) is 4.91. The molecule has 166 valence electrons. The molecule has 0 heterocycles. The van der Waals surface area contributed by atoms with Crippen molar-refractivity contribution in [1.82, 2.24) is 10.6 Å². The Morgan fingerprint density at radius 2 is 1.47 bits per heavy atom. The van der Waals surface area contributed by atoms with Crippen molar-refractivity contribution in [1.29, 1.82) is 0 Å². The quantitative estimate of drug-likeness (QED) is 0.537. The third-order valence-corrected chi connectivity index (χ3v) is 4.91. The summed E-state index contributed by atoms with van der Waals surface area (Å²) in [6.07, 6.45) is -0.497. The molecule has 0 radical (unpaired) electrons. The second kappa shape index (κ2) is 11.0. The maximum atomic E-state index is 13.6. The summed E-state index contributed by atoms with van der Waals surface area (Å²) in [5.74, 6) is -2.42. The SMILES string of the molecule is CC(NC(=O)C(Cc1ccccc1)NC(=O)OCc1ccccc1)c1ccc(F)c(F)c1. The number of amides is 2. The van der Waals surface area contributed by atoms with Crippen LogP contribution >= 0.6 is 0 Å². The van der Waals surface area contributed by atoms with E-state index < -0.39 is 35.7 Å². The highest BCUT2D eigenvalue weighted by Crippen LogP contribution is 2.16. The van der Waals surface area contributed by atoms with Crippen LogP contribution in [0.3, 0.4) is 0 Å². The monoisotopic (exact) mass is 438 g/mol. The van der Waals surface area contributed by atoms with E-state index in [4.69, 9.17) is 4.74 Å². The molecule has 2 amide bonds. The van der Waals surface area contributed by atoms with Gasteiger partial charge in [0.15, 0.2) is 11.6 Å². The highest BCUT2D eigenvalue weighted by molar-refractivity contribution is 5.86. The molecule has 2 unspecified atom stereocenters. The number of alkyl carbamates (subject to hydrolysis) is 1. The van der Waals surface area contributed by atoms with Crippen molar-refractivity contribution in [2.45, 2.75) is 32.0 Å². The summed E-state index contributed by atoms with van der Waals surface area (Å²) in [5, 5.41) is 5.35. The third kappa shape index (κ3) is 6.63. The van der Waals surface area contributed by atoms with Gasteiger partial charge in [-0.25, -0.2) is 13.6 Å². The van der Waals surface area contributed by atoms with Gasteiger partial charge in [-0.1, -0.05) is 66.7 Å². The maximum Gasteiger partial charge on any atom is 0.408 e. The van der Waals surface area contributed by atoms with Crippen molar-refractivity contribution < 1.29 is 23.1 Å². The van der Waals surface area contributed by atoms with Crippen LogP contribution in [-0.4, -0.2) is 18.0 Å². The van der Waals surface area contributed by atoms with Gasteiger partial charge in [-0.05, 0) is 35.7 Å². The van der Waals surface area contributed by atoms with Crippen LogP contribution in [-0.2, 0) is 22.6 Å². The average Bonchev–Trinajstić information content (AvgIpc) is 2.80. The summed E-state index contributed by atoms with van der Waals surface area (Å²) < 4.78 is 32.0. The van der Waals surface area contributed by atoms with Crippen LogP contribution in [0.4, 0.5) is 13.6 Å². The topological polar surface area (TPSA) is 67.4 Å². The molecule has 0 saturated heterocycles. The molecule has 7 heteroatoms. The molecule has 3 aromatic rings. The zero-order valence-electron chi connectivity index (χ0n) is 17.6. The number of halogens is 2. The van der Waals surface area contributed by atoms with Crippen molar-refractivity contribution in [2.24, 2.45) is 0 Å². The number of ether oxygens (including phenoxy) is 1. The van der Waals surface area contributed by atoms with Crippen LogP contribution in [0.1, 0.15) is 29.7 Å². The smallest absolute Gasteiger partial charge is 0.408 e. The molecule has 5 nitrogen and oxygen atoms in total. The Kier molecular flexibility index (Phi) is 7.91. The Labute approximate surface area is 185 Å². The molecule has 0 aliphatic heterocycles. The lowest BCUT2D eigenvalue weighted by Gasteiger charge is -2.22. The standard InChI is InChI=1S/C25H24F2N2O3/c1-17(20-12-13-21(26)22(27)15-20)28-24(30)23(14-18-8-4-2-5-9-18)29-25(31)32-16-19-10-6-3-7-11-19/h2-13,15,17,23H,14,16H2,1H3,(H,28,30)(H,29,31). The van der Waals surface area contributed by atoms with E-state index in [0.717, 1.165) is 23.3 Å². The Morgan fingerprint density at radius 1 is 0.844 bits per heavy atom.